The van der Waals surface area contributed by atoms with Crippen LogP contribution in [0.1, 0.15) is 35.5 Å². The number of amides is 1. The highest BCUT2D eigenvalue weighted by Gasteiger charge is 2.39. The van der Waals surface area contributed by atoms with Crippen LogP contribution in [0.5, 0.6) is 0 Å². The highest BCUT2D eigenvalue weighted by Crippen LogP contribution is 2.38. The number of aldehydes is 1. The Morgan fingerprint density at radius 1 is 1.59 bits per heavy atom. The number of rotatable bonds is 3. The smallest absolute Gasteiger partial charge is 0.243 e. The third-order valence-corrected chi connectivity index (χ3v) is 4.39. The average molecular weight is 249 g/mol. The first-order valence-electron chi connectivity index (χ1n) is 5.67. The predicted molar refractivity (Wildman–Crippen MR) is 68.4 cm³/mol. The Hall–Kier alpha value is -1.42. The lowest BCUT2D eigenvalue weighted by molar-refractivity contribution is -0.118. The van der Waals surface area contributed by atoms with Gasteiger partial charge in [-0.05, 0) is 36.4 Å². The van der Waals surface area contributed by atoms with Crippen LogP contribution in [0.25, 0.3) is 0 Å². The summed E-state index contributed by atoms with van der Waals surface area (Å²) in [6.45, 7) is 4.06. The molecule has 0 radical (unpaired) electrons. The van der Waals surface area contributed by atoms with Crippen LogP contribution in [0, 0.1) is 0 Å². The van der Waals surface area contributed by atoms with Crippen molar-refractivity contribution in [1.82, 2.24) is 5.32 Å². The highest BCUT2D eigenvalue weighted by molar-refractivity contribution is 7.11. The molecule has 0 spiro atoms. The zero-order valence-electron chi connectivity index (χ0n) is 9.90. The van der Waals surface area contributed by atoms with Crippen LogP contribution in [0.3, 0.4) is 0 Å². The molecule has 2 heterocycles. The Balaban J connectivity index is 2.55. The SMILES string of the molecule is CCC1(c2ccsc2C=O)C=CC(=O)NC1C. The Morgan fingerprint density at radius 3 is 2.94 bits per heavy atom. The van der Waals surface area contributed by atoms with E-state index in [1.165, 1.54) is 11.3 Å². The number of thiophene rings is 1. The van der Waals surface area contributed by atoms with Gasteiger partial charge in [-0.2, -0.15) is 0 Å². The fourth-order valence-corrected chi connectivity index (χ4v) is 3.28. The fraction of sp³-hybridized carbons (Fsp3) is 0.385. The van der Waals surface area contributed by atoms with Gasteiger partial charge in [-0.3, -0.25) is 9.59 Å². The van der Waals surface area contributed by atoms with Crippen LogP contribution in [0.15, 0.2) is 23.6 Å². The Labute approximate surface area is 105 Å². The molecule has 2 rings (SSSR count). The standard InChI is InChI=1S/C13H15NO2S/c1-3-13(6-4-12(16)14-9(13)2)10-5-7-17-11(10)8-15/h4-9H,3H2,1-2H3,(H,14,16). The normalized spacial score (nSPS) is 27.9. The van der Waals surface area contributed by atoms with Gasteiger partial charge in [0.1, 0.15) is 0 Å². The number of carbonyl (C=O) groups is 2. The van der Waals surface area contributed by atoms with E-state index in [4.69, 9.17) is 0 Å². The van der Waals surface area contributed by atoms with E-state index in [9.17, 15) is 9.59 Å². The molecule has 2 atom stereocenters. The van der Waals surface area contributed by atoms with Gasteiger partial charge in [-0.1, -0.05) is 13.0 Å². The molecule has 0 aliphatic carbocycles. The monoisotopic (exact) mass is 249 g/mol. The van der Waals surface area contributed by atoms with Crippen LogP contribution < -0.4 is 5.32 Å². The van der Waals surface area contributed by atoms with Crippen LogP contribution in [0.4, 0.5) is 0 Å². The molecule has 1 N–H and O–H groups in total. The van der Waals surface area contributed by atoms with E-state index in [0.717, 1.165) is 23.1 Å². The summed E-state index contributed by atoms with van der Waals surface area (Å²) in [5.74, 6) is -0.0653. The zero-order chi connectivity index (χ0) is 12.5. The number of hydrogen-bond donors (Lipinski definition) is 1. The molecule has 1 aliphatic heterocycles. The summed E-state index contributed by atoms with van der Waals surface area (Å²) in [5, 5.41) is 4.85. The molecule has 4 heteroatoms. The molecule has 1 aromatic rings. The summed E-state index contributed by atoms with van der Waals surface area (Å²) in [6.07, 6.45) is 5.25. The molecule has 0 saturated heterocycles. The first-order valence-corrected chi connectivity index (χ1v) is 6.55. The molecule has 90 valence electrons. The van der Waals surface area contributed by atoms with Gasteiger partial charge in [0.2, 0.25) is 5.91 Å². The third-order valence-electron chi connectivity index (χ3n) is 3.55. The number of nitrogens with one attached hydrogen (secondary N) is 1. The minimum Gasteiger partial charge on any atom is -0.349 e. The molecular weight excluding hydrogens is 234 g/mol. The predicted octanol–water partition coefficient (Wildman–Crippen LogP) is 2.28. The summed E-state index contributed by atoms with van der Waals surface area (Å²) >= 11 is 1.45. The first-order chi connectivity index (χ1) is 8.14. The van der Waals surface area contributed by atoms with E-state index in [1.807, 2.05) is 24.4 Å². The summed E-state index contributed by atoms with van der Waals surface area (Å²) in [4.78, 5) is 23.1. The van der Waals surface area contributed by atoms with Gasteiger partial charge in [-0.25, -0.2) is 0 Å². The molecule has 17 heavy (non-hydrogen) atoms. The van der Waals surface area contributed by atoms with Crippen molar-refractivity contribution in [2.24, 2.45) is 0 Å². The summed E-state index contributed by atoms with van der Waals surface area (Å²) in [6, 6.07) is 1.98. The van der Waals surface area contributed by atoms with Crippen LogP contribution in [-0.4, -0.2) is 18.2 Å². The molecule has 0 fully saturated rings. The molecule has 0 aromatic carbocycles. The van der Waals surface area contributed by atoms with Crippen molar-refractivity contribution in [3.63, 3.8) is 0 Å². The van der Waals surface area contributed by atoms with Crippen LogP contribution in [0.2, 0.25) is 0 Å². The van der Waals surface area contributed by atoms with Gasteiger partial charge in [0.15, 0.2) is 6.29 Å². The van der Waals surface area contributed by atoms with Gasteiger partial charge in [0.25, 0.3) is 0 Å². The molecule has 0 bridgehead atoms. The second-order valence-electron chi connectivity index (χ2n) is 4.27. The summed E-state index contributed by atoms with van der Waals surface area (Å²) in [5.41, 5.74) is 0.758. The Morgan fingerprint density at radius 2 is 2.35 bits per heavy atom. The van der Waals surface area contributed by atoms with Crippen molar-refractivity contribution >= 4 is 23.5 Å². The maximum absolute atomic E-state index is 11.3. The molecular formula is C13H15NO2S. The molecule has 1 amide bonds. The van der Waals surface area contributed by atoms with E-state index in [-0.39, 0.29) is 17.4 Å². The topological polar surface area (TPSA) is 46.2 Å². The van der Waals surface area contributed by atoms with E-state index in [1.54, 1.807) is 6.08 Å². The molecule has 2 unspecified atom stereocenters. The van der Waals surface area contributed by atoms with Crippen molar-refractivity contribution < 1.29 is 9.59 Å². The highest BCUT2D eigenvalue weighted by atomic mass is 32.1. The maximum Gasteiger partial charge on any atom is 0.243 e. The van der Waals surface area contributed by atoms with E-state index in [0.29, 0.717) is 0 Å². The number of hydrogen-bond acceptors (Lipinski definition) is 3. The van der Waals surface area contributed by atoms with E-state index in [2.05, 4.69) is 12.2 Å². The van der Waals surface area contributed by atoms with E-state index < -0.39 is 0 Å². The minimum absolute atomic E-state index is 0.00157. The maximum atomic E-state index is 11.3. The van der Waals surface area contributed by atoms with Crippen molar-refractivity contribution in [2.45, 2.75) is 31.7 Å². The zero-order valence-corrected chi connectivity index (χ0v) is 10.7. The van der Waals surface area contributed by atoms with Crippen molar-refractivity contribution in [1.29, 1.82) is 0 Å². The summed E-state index contributed by atoms with van der Waals surface area (Å²) in [7, 11) is 0. The Kier molecular flexibility index (Phi) is 3.15. The molecule has 1 aliphatic rings. The van der Waals surface area contributed by atoms with Gasteiger partial charge >= 0.3 is 0 Å². The van der Waals surface area contributed by atoms with Gasteiger partial charge in [0, 0.05) is 11.5 Å². The van der Waals surface area contributed by atoms with Crippen LogP contribution >= 0.6 is 11.3 Å². The van der Waals surface area contributed by atoms with Gasteiger partial charge in [0.05, 0.1) is 4.88 Å². The Bertz CT molecular complexity index is 478. The lowest BCUT2D eigenvalue weighted by atomic mass is 9.71. The molecule has 0 saturated carbocycles. The van der Waals surface area contributed by atoms with Crippen molar-refractivity contribution in [2.75, 3.05) is 0 Å². The molecule has 1 aromatic heterocycles. The third kappa shape index (κ3) is 1.82. The lowest BCUT2D eigenvalue weighted by Crippen LogP contribution is -2.50. The quantitative estimate of drug-likeness (QED) is 0.835. The number of carbonyl (C=O) groups excluding carboxylic acids is 2. The van der Waals surface area contributed by atoms with E-state index >= 15 is 0 Å². The summed E-state index contributed by atoms with van der Waals surface area (Å²) < 4.78 is 0. The lowest BCUT2D eigenvalue weighted by Gasteiger charge is -2.38. The largest absolute Gasteiger partial charge is 0.349 e. The van der Waals surface area contributed by atoms with Crippen molar-refractivity contribution in [3.8, 4) is 0 Å². The second-order valence-corrected chi connectivity index (χ2v) is 5.22. The first kappa shape index (κ1) is 12.0. The van der Waals surface area contributed by atoms with Gasteiger partial charge < -0.3 is 5.32 Å². The fourth-order valence-electron chi connectivity index (χ4n) is 2.49. The minimum atomic E-state index is -0.260. The second kappa shape index (κ2) is 4.45. The van der Waals surface area contributed by atoms with Crippen LogP contribution in [-0.2, 0) is 10.2 Å². The molecule has 3 nitrogen and oxygen atoms in total. The van der Waals surface area contributed by atoms with Crippen molar-refractivity contribution in [3.05, 3.63) is 34.0 Å². The van der Waals surface area contributed by atoms with Gasteiger partial charge in [-0.15, -0.1) is 11.3 Å². The average Bonchev–Trinajstić information content (AvgIpc) is 2.78.